The summed E-state index contributed by atoms with van der Waals surface area (Å²) < 4.78 is 10.6. The van der Waals surface area contributed by atoms with Gasteiger partial charge in [-0.15, -0.1) is 0 Å². The van der Waals surface area contributed by atoms with Crippen molar-refractivity contribution in [2.45, 2.75) is 6.54 Å². The van der Waals surface area contributed by atoms with Gasteiger partial charge in [-0.25, -0.2) is 0 Å². The third-order valence-electron chi connectivity index (χ3n) is 4.80. The summed E-state index contributed by atoms with van der Waals surface area (Å²) in [7, 11) is 3.32. The number of piperazine rings is 1. The van der Waals surface area contributed by atoms with Gasteiger partial charge in [0.1, 0.15) is 0 Å². The van der Waals surface area contributed by atoms with Crippen LogP contribution in [0.1, 0.15) is 11.1 Å². The van der Waals surface area contributed by atoms with Crippen molar-refractivity contribution in [2.75, 3.05) is 46.9 Å². The van der Waals surface area contributed by atoms with Gasteiger partial charge in [-0.05, 0) is 23.3 Å². The zero-order valence-electron chi connectivity index (χ0n) is 15.7. The monoisotopic (exact) mass is 352 g/mol. The second-order valence-electron chi connectivity index (χ2n) is 6.58. The third-order valence-corrected chi connectivity index (χ3v) is 4.80. The maximum atomic E-state index is 5.36. The van der Waals surface area contributed by atoms with Gasteiger partial charge in [0, 0.05) is 39.3 Å². The number of ether oxygens (including phenoxy) is 2. The zero-order chi connectivity index (χ0) is 18.2. The smallest absolute Gasteiger partial charge is 0.161 e. The van der Waals surface area contributed by atoms with E-state index in [4.69, 9.17) is 9.47 Å². The normalized spacial score (nSPS) is 16.1. The number of methoxy groups -OCH3 is 2. The minimum absolute atomic E-state index is 0.763. The fraction of sp³-hybridized carbons (Fsp3) is 0.364. The summed E-state index contributed by atoms with van der Waals surface area (Å²) >= 11 is 0. The molecule has 0 unspecified atom stereocenters. The first-order chi connectivity index (χ1) is 12.8. The van der Waals surface area contributed by atoms with E-state index >= 15 is 0 Å². The molecule has 0 amide bonds. The fourth-order valence-electron chi connectivity index (χ4n) is 3.27. The predicted octanol–water partition coefficient (Wildman–Crippen LogP) is 3.53. The van der Waals surface area contributed by atoms with Gasteiger partial charge >= 0.3 is 0 Å². The summed E-state index contributed by atoms with van der Waals surface area (Å²) in [5.74, 6) is 1.53. The van der Waals surface area contributed by atoms with Crippen molar-refractivity contribution >= 4 is 6.08 Å². The van der Waals surface area contributed by atoms with Gasteiger partial charge in [-0.2, -0.15) is 0 Å². The molecule has 0 N–H and O–H groups in total. The van der Waals surface area contributed by atoms with Crippen LogP contribution in [-0.2, 0) is 6.54 Å². The predicted molar refractivity (Wildman–Crippen MR) is 107 cm³/mol. The first-order valence-electron chi connectivity index (χ1n) is 9.15. The minimum atomic E-state index is 0.763. The molecule has 1 heterocycles. The van der Waals surface area contributed by atoms with Gasteiger partial charge in [0.05, 0.1) is 14.2 Å². The first-order valence-corrected chi connectivity index (χ1v) is 9.15. The highest BCUT2D eigenvalue weighted by atomic mass is 16.5. The summed E-state index contributed by atoms with van der Waals surface area (Å²) in [4.78, 5) is 5.03. The highest BCUT2D eigenvalue weighted by Crippen LogP contribution is 2.27. The molecule has 4 nitrogen and oxygen atoms in total. The molecule has 0 aromatic heterocycles. The van der Waals surface area contributed by atoms with Crippen LogP contribution in [0.2, 0.25) is 0 Å². The fourth-order valence-corrected chi connectivity index (χ4v) is 3.27. The van der Waals surface area contributed by atoms with Crippen LogP contribution in [0.15, 0.2) is 54.6 Å². The number of nitrogens with zero attached hydrogens (tertiary/aromatic N) is 2. The highest BCUT2D eigenvalue weighted by molar-refractivity contribution is 5.56. The lowest BCUT2D eigenvalue weighted by Crippen LogP contribution is -2.45. The lowest BCUT2D eigenvalue weighted by molar-refractivity contribution is 0.137. The van der Waals surface area contributed by atoms with Crippen molar-refractivity contribution in [3.05, 3.63) is 65.7 Å². The summed E-state index contributed by atoms with van der Waals surface area (Å²) in [5, 5.41) is 0. The first kappa shape index (κ1) is 18.5. The van der Waals surface area contributed by atoms with Crippen molar-refractivity contribution in [1.29, 1.82) is 0 Å². The lowest BCUT2D eigenvalue weighted by Gasteiger charge is -2.34. The van der Waals surface area contributed by atoms with Crippen molar-refractivity contribution < 1.29 is 9.47 Å². The quantitative estimate of drug-likeness (QED) is 0.761. The van der Waals surface area contributed by atoms with Gasteiger partial charge in [0.2, 0.25) is 0 Å². The van der Waals surface area contributed by atoms with E-state index in [0.29, 0.717) is 0 Å². The molecule has 4 heteroatoms. The standard InChI is InChI=1S/C22H28N2O2/c1-25-21-11-10-19(17-22(21)26-2)9-6-12-23-13-15-24(16-14-23)18-20-7-4-3-5-8-20/h3-11,17H,12-16,18H2,1-2H3/b9-6+. The molecule has 2 aromatic carbocycles. The van der Waals surface area contributed by atoms with Crippen LogP contribution in [-0.4, -0.2) is 56.7 Å². The van der Waals surface area contributed by atoms with Crippen LogP contribution < -0.4 is 9.47 Å². The Morgan fingerprint density at radius 2 is 1.54 bits per heavy atom. The molecule has 0 spiro atoms. The molecule has 0 radical (unpaired) electrons. The largest absolute Gasteiger partial charge is 0.493 e. The Morgan fingerprint density at radius 1 is 0.846 bits per heavy atom. The average molecular weight is 352 g/mol. The van der Waals surface area contributed by atoms with E-state index in [1.54, 1.807) is 14.2 Å². The molecular weight excluding hydrogens is 324 g/mol. The Morgan fingerprint density at radius 3 is 2.23 bits per heavy atom. The molecule has 0 bridgehead atoms. The van der Waals surface area contributed by atoms with Gasteiger partial charge < -0.3 is 9.47 Å². The van der Waals surface area contributed by atoms with Gasteiger partial charge in [0.25, 0.3) is 0 Å². The number of hydrogen-bond acceptors (Lipinski definition) is 4. The summed E-state index contributed by atoms with van der Waals surface area (Å²) in [6.07, 6.45) is 4.38. The Bertz CT molecular complexity index is 707. The summed E-state index contributed by atoms with van der Waals surface area (Å²) in [6.45, 7) is 6.51. The summed E-state index contributed by atoms with van der Waals surface area (Å²) in [5.41, 5.74) is 2.53. The van der Waals surface area contributed by atoms with Gasteiger partial charge in [-0.1, -0.05) is 48.6 Å². The maximum absolute atomic E-state index is 5.36. The molecule has 0 saturated carbocycles. The number of rotatable bonds is 7. The minimum Gasteiger partial charge on any atom is -0.493 e. The molecule has 1 aliphatic rings. The van der Waals surface area contributed by atoms with E-state index in [1.165, 1.54) is 5.56 Å². The lowest BCUT2D eigenvalue weighted by atomic mass is 10.1. The summed E-state index contributed by atoms with van der Waals surface area (Å²) in [6, 6.07) is 16.7. The van der Waals surface area contributed by atoms with Crippen molar-refractivity contribution in [1.82, 2.24) is 9.80 Å². The van der Waals surface area contributed by atoms with E-state index in [1.807, 2.05) is 12.1 Å². The second kappa shape index (κ2) is 9.41. The van der Waals surface area contributed by atoms with E-state index in [9.17, 15) is 0 Å². The molecule has 3 rings (SSSR count). The topological polar surface area (TPSA) is 24.9 Å². The molecular formula is C22H28N2O2. The van der Waals surface area contributed by atoms with Crippen LogP contribution in [0.25, 0.3) is 6.08 Å². The van der Waals surface area contributed by atoms with Crippen LogP contribution in [0, 0.1) is 0 Å². The molecule has 26 heavy (non-hydrogen) atoms. The van der Waals surface area contributed by atoms with E-state index in [2.05, 4.69) is 58.4 Å². The van der Waals surface area contributed by atoms with Crippen LogP contribution >= 0.6 is 0 Å². The molecule has 1 aliphatic heterocycles. The van der Waals surface area contributed by atoms with Crippen LogP contribution in [0.5, 0.6) is 11.5 Å². The van der Waals surface area contributed by atoms with E-state index in [0.717, 1.165) is 56.3 Å². The van der Waals surface area contributed by atoms with Crippen LogP contribution in [0.3, 0.4) is 0 Å². The van der Waals surface area contributed by atoms with Gasteiger partial charge in [-0.3, -0.25) is 9.80 Å². The molecule has 138 valence electrons. The number of benzene rings is 2. The SMILES string of the molecule is COc1ccc(/C=C/CN2CCN(Cc3ccccc3)CC2)cc1OC. The van der Waals surface area contributed by atoms with E-state index in [-0.39, 0.29) is 0 Å². The molecule has 2 aromatic rings. The van der Waals surface area contributed by atoms with Crippen molar-refractivity contribution in [2.24, 2.45) is 0 Å². The van der Waals surface area contributed by atoms with Crippen molar-refractivity contribution in [3.8, 4) is 11.5 Å². The number of hydrogen-bond donors (Lipinski definition) is 0. The molecule has 1 saturated heterocycles. The maximum Gasteiger partial charge on any atom is 0.161 e. The zero-order valence-corrected chi connectivity index (χ0v) is 15.7. The Balaban J connectivity index is 1.45. The second-order valence-corrected chi connectivity index (χ2v) is 6.58. The van der Waals surface area contributed by atoms with Crippen LogP contribution in [0.4, 0.5) is 0 Å². The Labute approximate surface area is 156 Å². The third kappa shape index (κ3) is 5.10. The molecule has 0 aliphatic carbocycles. The Kier molecular flexibility index (Phi) is 6.69. The average Bonchev–Trinajstić information content (AvgIpc) is 2.70. The highest BCUT2D eigenvalue weighted by Gasteiger charge is 2.15. The Hall–Kier alpha value is -2.30. The van der Waals surface area contributed by atoms with Crippen molar-refractivity contribution in [3.63, 3.8) is 0 Å². The molecule has 1 fully saturated rings. The van der Waals surface area contributed by atoms with E-state index < -0.39 is 0 Å². The van der Waals surface area contributed by atoms with Gasteiger partial charge in [0.15, 0.2) is 11.5 Å². The molecule has 0 atom stereocenters.